The van der Waals surface area contributed by atoms with E-state index in [-0.39, 0.29) is 11.9 Å². The third-order valence-corrected chi connectivity index (χ3v) is 3.96. The Balaban J connectivity index is 2.01. The molecule has 0 aromatic heterocycles. The van der Waals surface area contributed by atoms with Gasteiger partial charge in [-0.1, -0.05) is 25.1 Å². The van der Waals surface area contributed by atoms with Crippen molar-refractivity contribution in [2.45, 2.75) is 19.4 Å². The minimum absolute atomic E-state index is 0.0568. The summed E-state index contributed by atoms with van der Waals surface area (Å²) in [5.41, 5.74) is 2.13. The van der Waals surface area contributed by atoms with Crippen LogP contribution in [0.4, 0.5) is 5.69 Å². The molecule has 92 valence electrons. The van der Waals surface area contributed by atoms with Crippen LogP contribution < -0.4 is 10.6 Å². The summed E-state index contributed by atoms with van der Waals surface area (Å²) in [6.45, 7) is 3.01. The van der Waals surface area contributed by atoms with Crippen LogP contribution in [0.2, 0.25) is 0 Å². The van der Waals surface area contributed by atoms with E-state index in [9.17, 15) is 4.79 Å². The van der Waals surface area contributed by atoms with Crippen molar-refractivity contribution < 1.29 is 4.79 Å². The van der Waals surface area contributed by atoms with Crippen molar-refractivity contribution >= 4 is 23.4 Å². The number of thioether (sulfide) groups is 1. The summed E-state index contributed by atoms with van der Waals surface area (Å²) in [4.78, 5) is 12.0. The molecule has 0 radical (unpaired) electrons. The maximum Gasteiger partial charge on any atom is 0.242 e. The summed E-state index contributed by atoms with van der Waals surface area (Å²) in [5, 5.41) is 6.26. The van der Waals surface area contributed by atoms with Crippen LogP contribution in [0.15, 0.2) is 24.3 Å². The van der Waals surface area contributed by atoms with Crippen LogP contribution in [0, 0.1) is 0 Å². The largest absolute Gasteiger partial charge is 0.324 e. The maximum atomic E-state index is 12.0. The van der Waals surface area contributed by atoms with Crippen molar-refractivity contribution in [3.05, 3.63) is 29.8 Å². The zero-order valence-electron chi connectivity index (χ0n) is 10.0. The number of benzene rings is 1. The highest BCUT2D eigenvalue weighted by Crippen LogP contribution is 2.16. The number of carbonyl (C=O) groups excluding carboxylic acids is 1. The fourth-order valence-electron chi connectivity index (χ4n) is 1.90. The van der Waals surface area contributed by atoms with E-state index in [0.717, 1.165) is 30.2 Å². The van der Waals surface area contributed by atoms with Gasteiger partial charge in [0.25, 0.3) is 0 Å². The number of carbonyl (C=O) groups is 1. The number of rotatable bonds is 3. The third-order valence-electron chi connectivity index (χ3n) is 2.89. The average molecular weight is 250 g/mol. The molecule has 1 fully saturated rings. The van der Waals surface area contributed by atoms with E-state index in [4.69, 9.17) is 0 Å². The van der Waals surface area contributed by atoms with Crippen LogP contribution >= 0.6 is 11.8 Å². The number of aryl methyl sites for hydroxylation is 1. The topological polar surface area (TPSA) is 41.1 Å². The molecule has 0 aliphatic carbocycles. The Morgan fingerprint density at radius 1 is 1.53 bits per heavy atom. The monoisotopic (exact) mass is 250 g/mol. The average Bonchev–Trinajstić information content (AvgIpc) is 2.40. The second kappa shape index (κ2) is 6.07. The number of anilines is 1. The first-order valence-corrected chi connectivity index (χ1v) is 7.16. The molecule has 1 unspecified atom stereocenters. The Kier molecular flexibility index (Phi) is 4.45. The van der Waals surface area contributed by atoms with Crippen LogP contribution in [-0.4, -0.2) is 30.0 Å². The molecule has 1 aliphatic rings. The van der Waals surface area contributed by atoms with Gasteiger partial charge in [-0.3, -0.25) is 4.79 Å². The highest BCUT2D eigenvalue weighted by Gasteiger charge is 2.21. The van der Waals surface area contributed by atoms with Crippen molar-refractivity contribution in [3.8, 4) is 0 Å². The van der Waals surface area contributed by atoms with Crippen LogP contribution in [-0.2, 0) is 11.2 Å². The van der Waals surface area contributed by atoms with Gasteiger partial charge in [0.15, 0.2) is 0 Å². The van der Waals surface area contributed by atoms with E-state index in [1.165, 1.54) is 5.56 Å². The predicted octanol–water partition coefficient (Wildman–Crippen LogP) is 1.89. The lowest BCUT2D eigenvalue weighted by Gasteiger charge is -2.22. The molecule has 1 atom stereocenters. The van der Waals surface area contributed by atoms with E-state index >= 15 is 0 Å². The van der Waals surface area contributed by atoms with E-state index in [2.05, 4.69) is 23.6 Å². The van der Waals surface area contributed by atoms with Crippen molar-refractivity contribution in [1.82, 2.24) is 5.32 Å². The second-order valence-electron chi connectivity index (χ2n) is 4.08. The van der Waals surface area contributed by atoms with E-state index < -0.39 is 0 Å². The fourth-order valence-corrected chi connectivity index (χ4v) is 2.84. The highest BCUT2D eigenvalue weighted by atomic mass is 32.2. The fraction of sp³-hybridized carbons (Fsp3) is 0.462. The Morgan fingerprint density at radius 3 is 3.06 bits per heavy atom. The van der Waals surface area contributed by atoms with Gasteiger partial charge in [0.2, 0.25) is 5.91 Å². The van der Waals surface area contributed by atoms with E-state index in [1.54, 1.807) is 0 Å². The van der Waals surface area contributed by atoms with Gasteiger partial charge in [0, 0.05) is 23.7 Å². The third kappa shape index (κ3) is 3.23. The van der Waals surface area contributed by atoms with Gasteiger partial charge in [0.05, 0.1) is 6.04 Å². The van der Waals surface area contributed by atoms with Crippen molar-refractivity contribution in [3.63, 3.8) is 0 Å². The van der Waals surface area contributed by atoms with Crippen LogP contribution in [0.3, 0.4) is 0 Å². The van der Waals surface area contributed by atoms with Gasteiger partial charge in [0.1, 0.15) is 0 Å². The van der Waals surface area contributed by atoms with Crippen molar-refractivity contribution in [1.29, 1.82) is 0 Å². The summed E-state index contributed by atoms with van der Waals surface area (Å²) in [6.07, 6.45) is 0.934. The molecule has 0 spiro atoms. The van der Waals surface area contributed by atoms with Gasteiger partial charge in [-0.25, -0.2) is 0 Å². The first kappa shape index (κ1) is 12.5. The maximum absolute atomic E-state index is 12.0. The normalized spacial score (nSPS) is 19.9. The van der Waals surface area contributed by atoms with Gasteiger partial charge in [-0.15, -0.1) is 0 Å². The summed E-state index contributed by atoms with van der Waals surface area (Å²) in [7, 11) is 0. The Hall–Kier alpha value is -1.000. The highest BCUT2D eigenvalue weighted by molar-refractivity contribution is 7.99. The molecule has 1 aliphatic heterocycles. The van der Waals surface area contributed by atoms with E-state index in [1.807, 2.05) is 30.0 Å². The van der Waals surface area contributed by atoms with Crippen LogP contribution in [0.5, 0.6) is 0 Å². The smallest absolute Gasteiger partial charge is 0.242 e. The molecule has 3 nitrogen and oxygen atoms in total. The van der Waals surface area contributed by atoms with Crippen molar-refractivity contribution in [2.24, 2.45) is 0 Å². The molecular formula is C13H18N2OS. The lowest BCUT2D eigenvalue weighted by atomic mass is 10.1. The summed E-state index contributed by atoms with van der Waals surface area (Å²) >= 11 is 1.83. The van der Waals surface area contributed by atoms with Gasteiger partial charge < -0.3 is 10.6 Å². The minimum Gasteiger partial charge on any atom is -0.324 e. The van der Waals surface area contributed by atoms with Crippen LogP contribution in [0.1, 0.15) is 12.5 Å². The SMILES string of the molecule is CCc1ccccc1NC(=O)C1CSCCN1. The summed E-state index contributed by atoms with van der Waals surface area (Å²) < 4.78 is 0. The molecule has 2 N–H and O–H groups in total. The van der Waals surface area contributed by atoms with Crippen LogP contribution in [0.25, 0.3) is 0 Å². The standard InChI is InChI=1S/C13H18N2OS/c1-2-10-5-3-4-6-11(10)15-13(16)12-9-17-8-7-14-12/h3-6,12,14H,2,7-9H2,1H3,(H,15,16). The first-order valence-electron chi connectivity index (χ1n) is 6.01. The molecule has 0 bridgehead atoms. The second-order valence-corrected chi connectivity index (χ2v) is 5.23. The zero-order valence-corrected chi connectivity index (χ0v) is 10.8. The molecule has 1 saturated heterocycles. The minimum atomic E-state index is -0.0568. The lowest BCUT2D eigenvalue weighted by Crippen LogP contribution is -2.46. The summed E-state index contributed by atoms with van der Waals surface area (Å²) in [5.74, 6) is 2.04. The van der Waals surface area contributed by atoms with Crippen molar-refractivity contribution in [2.75, 3.05) is 23.4 Å². The quantitative estimate of drug-likeness (QED) is 0.861. The number of amides is 1. The van der Waals surface area contributed by atoms with E-state index in [0.29, 0.717) is 0 Å². The van der Waals surface area contributed by atoms with Gasteiger partial charge in [-0.2, -0.15) is 11.8 Å². The number of nitrogens with one attached hydrogen (secondary N) is 2. The molecule has 0 saturated carbocycles. The molecular weight excluding hydrogens is 232 g/mol. The molecule has 1 heterocycles. The molecule has 2 rings (SSSR count). The van der Waals surface area contributed by atoms with Gasteiger partial charge >= 0.3 is 0 Å². The number of hydrogen-bond acceptors (Lipinski definition) is 3. The molecule has 1 aromatic rings. The predicted molar refractivity (Wildman–Crippen MR) is 73.6 cm³/mol. The zero-order chi connectivity index (χ0) is 12.1. The molecule has 4 heteroatoms. The lowest BCUT2D eigenvalue weighted by molar-refractivity contribution is -0.117. The number of hydrogen-bond donors (Lipinski definition) is 2. The molecule has 1 aromatic carbocycles. The Morgan fingerprint density at radius 2 is 2.35 bits per heavy atom. The Bertz CT molecular complexity index is 389. The van der Waals surface area contributed by atoms with Gasteiger partial charge in [-0.05, 0) is 18.1 Å². The summed E-state index contributed by atoms with van der Waals surface area (Å²) in [6, 6.07) is 7.92. The first-order chi connectivity index (χ1) is 8.31. The number of para-hydroxylation sites is 1. The molecule has 17 heavy (non-hydrogen) atoms. The molecule has 1 amide bonds. The Labute approximate surface area is 106 Å².